The zero-order valence-corrected chi connectivity index (χ0v) is 21.0. The first-order chi connectivity index (χ1) is 17.7. The lowest BCUT2D eigenvalue weighted by Gasteiger charge is -2.30. The Balaban J connectivity index is 1.55. The van der Waals surface area contributed by atoms with Gasteiger partial charge in [0.1, 0.15) is 17.2 Å². The third-order valence-electron chi connectivity index (χ3n) is 7.11. The van der Waals surface area contributed by atoms with Gasteiger partial charge in [-0.2, -0.15) is 18.4 Å². The molecule has 2 aliphatic rings. The summed E-state index contributed by atoms with van der Waals surface area (Å²) in [6.07, 6.45) is -1.67. The number of amides is 2. The van der Waals surface area contributed by atoms with Gasteiger partial charge >= 0.3 is 6.18 Å². The molecule has 38 heavy (non-hydrogen) atoms. The van der Waals surface area contributed by atoms with E-state index in [0.29, 0.717) is 42.5 Å². The van der Waals surface area contributed by atoms with E-state index in [0.717, 1.165) is 0 Å². The first kappa shape index (κ1) is 27.5. The van der Waals surface area contributed by atoms with Crippen molar-refractivity contribution in [2.45, 2.75) is 80.8 Å². The normalized spacial score (nSPS) is 19.1. The molecular weight excluding hydrogens is 502 g/mol. The largest absolute Gasteiger partial charge is 0.407 e. The van der Waals surface area contributed by atoms with E-state index in [9.17, 15) is 32.4 Å². The molecule has 0 spiro atoms. The maximum atomic E-state index is 14.5. The van der Waals surface area contributed by atoms with E-state index >= 15 is 0 Å². The number of benzene rings is 1. The van der Waals surface area contributed by atoms with Gasteiger partial charge in [0.2, 0.25) is 11.8 Å². The Morgan fingerprint density at radius 3 is 2.13 bits per heavy atom. The molecule has 0 radical (unpaired) electrons. The molecule has 4 N–H and O–H groups in total. The standard InChI is InChI=1S/C27H29F4N5O2/c1-24(2,28)13-20(22(37)36-25(15-32)9-10-25)35-21(27(29,30)31)17-5-3-16(4-6-17)19-8-7-18(14-34-19)26(11-12-26)23(33)38/h3-8,14,20-21,35H,9-13H2,1-2H3,(H2,33,38)(H,36,37)/t20-,21-/m0/s1. The molecule has 2 aliphatic carbocycles. The number of alkyl halides is 4. The Morgan fingerprint density at radius 1 is 1.08 bits per heavy atom. The van der Waals surface area contributed by atoms with Crippen LogP contribution < -0.4 is 16.4 Å². The van der Waals surface area contributed by atoms with Crippen molar-refractivity contribution in [2.75, 3.05) is 0 Å². The number of aromatic nitrogens is 1. The van der Waals surface area contributed by atoms with Crippen LogP contribution in [-0.4, -0.2) is 40.2 Å². The molecule has 0 bridgehead atoms. The van der Waals surface area contributed by atoms with Gasteiger partial charge in [-0.05, 0) is 56.7 Å². The maximum Gasteiger partial charge on any atom is 0.407 e. The lowest BCUT2D eigenvalue weighted by Crippen LogP contribution is -2.53. The van der Waals surface area contributed by atoms with Gasteiger partial charge in [0, 0.05) is 18.2 Å². The minimum Gasteiger partial charge on any atom is -0.369 e. The predicted octanol–water partition coefficient (Wildman–Crippen LogP) is 4.14. The van der Waals surface area contributed by atoms with E-state index in [-0.39, 0.29) is 5.56 Å². The molecule has 1 aromatic carbocycles. The van der Waals surface area contributed by atoms with Gasteiger partial charge in [-0.25, -0.2) is 4.39 Å². The fourth-order valence-corrected chi connectivity index (χ4v) is 4.50. The molecule has 0 unspecified atom stereocenters. The fraction of sp³-hybridized carbons (Fsp3) is 0.481. The smallest absolute Gasteiger partial charge is 0.369 e. The van der Waals surface area contributed by atoms with Crippen molar-refractivity contribution in [1.29, 1.82) is 5.26 Å². The summed E-state index contributed by atoms with van der Waals surface area (Å²) in [7, 11) is 0. The van der Waals surface area contributed by atoms with Crippen LogP contribution in [0.2, 0.25) is 0 Å². The van der Waals surface area contributed by atoms with Crippen molar-refractivity contribution in [3.8, 4) is 17.3 Å². The summed E-state index contributed by atoms with van der Waals surface area (Å²) < 4.78 is 56.9. The lowest BCUT2D eigenvalue weighted by atomic mass is 9.95. The molecule has 7 nitrogen and oxygen atoms in total. The number of carbonyl (C=O) groups excluding carboxylic acids is 2. The number of rotatable bonds is 10. The van der Waals surface area contributed by atoms with Crippen LogP contribution in [-0.2, 0) is 15.0 Å². The van der Waals surface area contributed by atoms with Crippen LogP contribution in [0.25, 0.3) is 11.3 Å². The number of hydrogen-bond acceptors (Lipinski definition) is 5. The summed E-state index contributed by atoms with van der Waals surface area (Å²) in [5.41, 5.74) is 3.35. The first-order valence-electron chi connectivity index (χ1n) is 12.3. The number of nitrogens with one attached hydrogen (secondary N) is 2. The molecular formula is C27H29F4N5O2. The Bertz CT molecular complexity index is 1240. The maximum absolute atomic E-state index is 14.5. The highest BCUT2D eigenvalue weighted by atomic mass is 19.4. The van der Waals surface area contributed by atoms with Crippen molar-refractivity contribution >= 4 is 11.8 Å². The molecule has 2 aromatic rings. The summed E-state index contributed by atoms with van der Waals surface area (Å²) in [6.45, 7) is 2.35. The summed E-state index contributed by atoms with van der Waals surface area (Å²) >= 11 is 0. The molecule has 2 fully saturated rings. The zero-order valence-electron chi connectivity index (χ0n) is 21.0. The molecule has 1 aromatic heterocycles. The second-order valence-electron chi connectivity index (χ2n) is 10.8. The van der Waals surface area contributed by atoms with Crippen molar-refractivity contribution in [3.05, 3.63) is 53.7 Å². The highest BCUT2D eigenvalue weighted by Gasteiger charge is 2.50. The number of nitrogens with two attached hydrogens (primary N) is 1. The topological polar surface area (TPSA) is 121 Å². The molecule has 2 amide bonds. The average Bonchev–Trinajstić information content (AvgIpc) is 3.76. The number of hydrogen-bond donors (Lipinski definition) is 3. The summed E-state index contributed by atoms with van der Waals surface area (Å²) in [4.78, 5) is 28.9. The number of halogens is 4. The summed E-state index contributed by atoms with van der Waals surface area (Å²) in [6, 6.07) is 7.08. The Labute approximate surface area is 217 Å². The van der Waals surface area contributed by atoms with Crippen LogP contribution in [0.4, 0.5) is 17.6 Å². The van der Waals surface area contributed by atoms with E-state index in [2.05, 4.69) is 15.6 Å². The zero-order chi connectivity index (χ0) is 27.9. The van der Waals surface area contributed by atoms with Gasteiger partial charge in [0.05, 0.1) is 23.2 Å². The highest BCUT2D eigenvalue weighted by molar-refractivity contribution is 5.89. The fourth-order valence-electron chi connectivity index (χ4n) is 4.50. The van der Waals surface area contributed by atoms with E-state index in [4.69, 9.17) is 5.73 Å². The molecule has 1 heterocycles. The van der Waals surface area contributed by atoms with E-state index in [1.54, 1.807) is 18.3 Å². The van der Waals surface area contributed by atoms with E-state index in [1.165, 1.54) is 38.1 Å². The van der Waals surface area contributed by atoms with Gasteiger partial charge in [-0.3, -0.25) is 19.9 Å². The monoisotopic (exact) mass is 531 g/mol. The van der Waals surface area contributed by atoms with Crippen molar-refractivity contribution in [2.24, 2.45) is 5.73 Å². The van der Waals surface area contributed by atoms with Crippen molar-refractivity contribution in [1.82, 2.24) is 15.6 Å². The van der Waals surface area contributed by atoms with Crippen LogP contribution in [0.3, 0.4) is 0 Å². The number of nitrogens with zero attached hydrogens (tertiary/aromatic N) is 2. The van der Waals surface area contributed by atoms with Gasteiger partial charge in [0.25, 0.3) is 0 Å². The Hall–Kier alpha value is -3.52. The second kappa shape index (κ2) is 9.66. The lowest BCUT2D eigenvalue weighted by molar-refractivity contribution is -0.161. The van der Waals surface area contributed by atoms with Crippen LogP contribution in [0, 0.1) is 11.3 Å². The quantitative estimate of drug-likeness (QED) is 0.398. The third kappa shape index (κ3) is 5.96. The van der Waals surface area contributed by atoms with Crippen molar-refractivity contribution < 1.29 is 27.2 Å². The van der Waals surface area contributed by atoms with Gasteiger partial charge < -0.3 is 11.1 Å². The Kier molecular flexibility index (Phi) is 6.99. The summed E-state index contributed by atoms with van der Waals surface area (Å²) in [5, 5.41) is 14.0. The predicted molar refractivity (Wildman–Crippen MR) is 131 cm³/mol. The van der Waals surface area contributed by atoms with Gasteiger partial charge in [-0.15, -0.1) is 0 Å². The molecule has 2 saturated carbocycles. The van der Waals surface area contributed by atoms with Crippen LogP contribution >= 0.6 is 0 Å². The summed E-state index contributed by atoms with van der Waals surface area (Å²) in [5.74, 6) is -1.26. The van der Waals surface area contributed by atoms with E-state index < -0.39 is 53.1 Å². The number of carbonyl (C=O) groups is 2. The minimum absolute atomic E-state index is 0.167. The number of pyridine rings is 1. The van der Waals surface area contributed by atoms with E-state index in [1.807, 2.05) is 6.07 Å². The van der Waals surface area contributed by atoms with Gasteiger partial charge in [0.15, 0.2) is 0 Å². The van der Waals surface area contributed by atoms with Crippen LogP contribution in [0.15, 0.2) is 42.6 Å². The number of nitriles is 1. The average molecular weight is 532 g/mol. The van der Waals surface area contributed by atoms with Crippen LogP contribution in [0.5, 0.6) is 0 Å². The SMILES string of the molecule is CC(C)(F)C[C@H](N[C@@H](c1ccc(-c2ccc(C3(C(N)=O)CC3)cn2)cc1)C(F)(F)F)C(=O)NC1(C#N)CC1. The minimum atomic E-state index is -4.79. The first-order valence-corrected chi connectivity index (χ1v) is 12.3. The molecule has 4 rings (SSSR count). The van der Waals surface area contributed by atoms with Gasteiger partial charge in [-0.1, -0.05) is 30.3 Å². The van der Waals surface area contributed by atoms with Crippen LogP contribution in [0.1, 0.15) is 63.1 Å². The molecule has 0 saturated heterocycles. The Morgan fingerprint density at radius 2 is 1.71 bits per heavy atom. The highest BCUT2D eigenvalue weighted by Crippen LogP contribution is 2.47. The molecule has 0 aliphatic heterocycles. The molecule has 2 atom stereocenters. The molecule has 11 heteroatoms. The molecule has 202 valence electrons. The number of primary amides is 1. The van der Waals surface area contributed by atoms with Crippen molar-refractivity contribution in [3.63, 3.8) is 0 Å². The second-order valence-corrected chi connectivity index (χ2v) is 10.8. The third-order valence-corrected chi connectivity index (χ3v) is 7.11.